The van der Waals surface area contributed by atoms with Gasteiger partial charge in [-0.2, -0.15) is 0 Å². The van der Waals surface area contributed by atoms with E-state index in [0.29, 0.717) is 11.6 Å². The number of hydrogen-bond acceptors (Lipinski definition) is 3. The molecule has 4 rings (SSSR count). The molecule has 2 aromatic rings. The van der Waals surface area contributed by atoms with E-state index in [4.69, 9.17) is 0 Å². The van der Waals surface area contributed by atoms with E-state index >= 15 is 0 Å². The van der Waals surface area contributed by atoms with E-state index in [-0.39, 0.29) is 11.8 Å². The number of amides is 2. The highest BCUT2D eigenvalue weighted by molar-refractivity contribution is 5.96. The highest BCUT2D eigenvalue weighted by Gasteiger charge is 2.31. The first kappa shape index (κ1) is 20.6. The molecule has 5 heteroatoms. The monoisotopic (exact) mass is 405 g/mol. The molecular formula is C25H31N3O2. The summed E-state index contributed by atoms with van der Waals surface area (Å²) in [7, 11) is 3.50. The molecule has 2 aromatic carbocycles. The second-order valence-electron chi connectivity index (χ2n) is 8.66. The molecular weight excluding hydrogens is 374 g/mol. The molecule has 2 aliphatic rings. The van der Waals surface area contributed by atoms with Gasteiger partial charge in [-0.05, 0) is 74.2 Å². The lowest BCUT2D eigenvalue weighted by molar-refractivity contribution is 0.0708. The predicted molar refractivity (Wildman–Crippen MR) is 120 cm³/mol. The second kappa shape index (κ2) is 9.00. The zero-order chi connectivity index (χ0) is 21.1. The smallest absolute Gasteiger partial charge is 0.254 e. The van der Waals surface area contributed by atoms with Crippen LogP contribution in [0.2, 0.25) is 0 Å². The Kier molecular flexibility index (Phi) is 6.18. The van der Waals surface area contributed by atoms with Gasteiger partial charge >= 0.3 is 0 Å². The summed E-state index contributed by atoms with van der Waals surface area (Å²) in [6, 6.07) is 15.8. The molecule has 0 spiro atoms. The lowest BCUT2D eigenvalue weighted by Gasteiger charge is -2.28. The van der Waals surface area contributed by atoms with Crippen molar-refractivity contribution in [2.45, 2.75) is 31.7 Å². The Morgan fingerprint density at radius 1 is 0.833 bits per heavy atom. The van der Waals surface area contributed by atoms with E-state index in [2.05, 4.69) is 9.80 Å². The maximum atomic E-state index is 13.1. The van der Waals surface area contributed by atoms with E-state index in [1.54, 1.807) is 19.0 Å². The van der Waals surface area contributed by atoms with Crippen molar-refractivity contribution in [1.29, 1.82) is 0 Å². The first-order valence-electron chi connectivity index (χ1n) is 11.0. The van der Waals surface area contributed by atoms with Crippen molar-refractivity contribution in [2.24, 2.45) is 0 Å². The van der Waals surface area contributed by atoms with Crippen molar-refractivity contribution in [3.63, 3.8) is 0 Å². The van der Waals surface area contributed by atoms with Crippen LogP contribution in [0.1, 0.15) is 46.4 Å². The third-order valence-corrected chi connectivity index (χ3v) is 6.31. The summed E-state index contributed by atoms with van der Waals surface area (Å²) in [6.45, 7) is 4.22. The van der Waals surface area contributed by atoms with Crippen LogP contribution in [0.25, 0.3) is 11.1 Å². The second-order valence-corrected chi connectivity index (χ2v) is 8.66. The summed E-state index contributed by atoms with van der Waals surface area (Å²) in [6.07, 6.45) is 4.78. The summed E-state index contributed by atoms with van der Waals surface area (Å²) in [5.74, 6) is 0.145. The van der Waals surface area contributed by atoms with Crippen LogP contribution >= 0.6 is 0 Å². The van der Waals surface area contributed by atoms with Crippen LogP contribution in [-0.4, -0.2) is 72.8 Å². The van der Waals surface area contributed by atoms with Crippen molar-refractivity contribution in [1.82, 2.24) is 14.7 Å². The van der Waals surface area contributed by atoms with E-state index in [9.17, 15) is 9.59 Å². The largest absolute Gasteiger partial charge is 0.345 e. The maximum absolute atomic E-state index is 13.1. The predicted octanol–water partition coefficient (Wildman–Crippen LogP) is 3.76. The number of carbonyl (C=O) groups is 2. The van der Waals surface area contributed by atoms with E-state index in [1.165, 1.54) is 25.9 Å². The van der Waals surface area contributed by atoms with Gasteiger partial charge in [0.1, 0.15) is 0 Å². The lowest BCUT2D eigenvalue weighted by Crippen LogP contribution is -2.42. The molecule has 5 nitrogen and oxygen atoms in total. The fraction of sp³-hybridized carbons (Fsp3) is 0.440. The van der Waals surface area contributed by atoms with Gasteiger partial charge < -0.3 is 14.7 Å². The average Bonchev–Trinajstić information content (AvgIpc) is 3.45. The Morgan fingerprint density at radius 3 is 1.97 bits per heavy atom. The molecule has 30 heavy (non-hydrogen) atoms. The van der Waals surface area contributed by atoms with Crippen LogP contribution in [0.5, 0.6) is 0 Å². The summed E-state index contributed by atoms with van der Waals surface area (Å²) in [5.41, 5.74) is 3.52. The molecule has 0 N–H and O–H groups in total. The van der Waals surface area contributed by atoms with Gasteiger partial charge in [-0.1, -0.05) is 24.3 Å². The zero-order valence-corrected chi connectivity index (χ0v) is 18.0. The third kappa shape index (κ3) is 4.41. The molecule has 0 bridgehead atoms. The van der Waals surface area contributed by atoms with Crippen molar-refractivity contribution < 1.29 is 9.59 Å². The van der Waals surface area contributed by atoms with E-state index in [1.807, 2.05) is 48.5 Å². The highest BCUT2D eigenvalue weighted by Crippen LogP contribution is 2.25. The van der Waals surface area contributed by atoms with E-state index in [0.717, 1.165) is 42.6 Å². The SMILES string of the molecule is CN(C)C(=O)c1ccc(-c2ccc(C(=O)N3CCCC3CN3CCCC3)cc2)cc1. The fourth-order valence-corrected chi connectivity index (χ4v) is 4.59. The molecule has 0 saturated carbocycles. The maximum Gasteiger partial charge on any atom is 0.254 e. The lowest BCUT2D eigenvalue weighted by atomic mass is 10.0. The normalized spacial score (nSPS) is 19.3. The molecule has 2 amide bonds. The van der Waals surface area contributed by atoms with Crippen molar-refractivity contribution >= 4 is 11.8 Å². The third-order valence-electron chi connectivity index (χ3n) is 6.31. The topological polar surface area (TPSA) is 43.9 Å². The first-order chi connectivity index (χ1) is 14.5. The Hall–Kier alpha value is -2.66. The zero-order valence-electron chi connectivity index (χ0n) is 18.0. The number of carbonyl (C=O) groups excluding carboxylic acids is 2. The molecule has 158 valence electrons. The molecule has 2 saturated heterocycles. The van der Waals surface area contributed by atoms with Crippen molar-refractivity contribution in [3.8, 4) is 11.1 Å². The van der Waals surface area contributed by atoms with Gasteiger partial charge in [-0.15, -0.1) is 0 Å². The van der Waals surface area contributed by atoms with Gasteiger partial charge in [0.05, 0.1) is 0 Å². The summed E-state index contributed by atoms with van der Waals surface area (Å²) in [5, 5.41) is 0. The van der Waals surface area contributed by atoms with Gasteiger partial charge in [0.15, 0.2) is 0 Å². The molecule has 0 aliphatic carbocycles. The van der Waals surface area contributed by atoms with Crippen molar-refractivity contribution in [2.75, 3.05) is 40.3 Å². The standard InChI is InChI=1S/C25H31N3O2/c1-26(2)24(29)21-11-7-19(8-12-21)20-9-13-22(14-10-20)25(30)28-17-5-6-23(28)18-27-15-3-4-16-27/h7-14,23H,3-6,15-18H2,1-2H3. The van der Waals surface area contributed by atoms with Crippen LogP contribution < -0.4 is 0 Å². The first-order valence-corrected chi connectivity index (χ1v) is 11.0. The molecule has 1 atom stereocenters. The van der Waals surface area contributed by atoms with Gasteiger partial charge in [-0.25, -0.2) is 0 Å². The minimum Gasteiger partial charge on any atom is -0.345 e. The number of rotatable bonds is 5. The summed E-state index contributed by atoms with van der Waals surface area (Å²) >= 11 is 0. The average molecular weight is 406 g/mol. The Balaban J connectivity index is 1.43. The Bertz CT molecular complexity index is 884. The molecule has 2 heterocycles. The van der Waals surface area contributed by atoms with Crippen LogP contribution in [0.4, 0.5) is 0 Å². The quantitative estimate of drug-likeness (QED) is 0.761. The molecule has 2 aliphatic heterocycles. The number of nitrogens with zero attached hydrogens (tertiary/aromatic N) is 3. The van der Waals surface area contributed by atoms with Crippen molar-refractivity contribution in [3.05, 3.63) is 59.7 Å². The Morgan fingerprint density at radius 2 is 1.40 bits per heavy atom. The number of benzene rings is 2. The molecule has 1 unspecified atom stereocenters. The molecule has 0 aromatic heterocycles. The molecule has 2 fully saturated rings. The summed E-state index contributed by atoms with van der Waals surface area (Å²) in [4.78, 5) is 31.3. The minimum absolute atomic E-state index is 0.00316. The number of likely N-dealkylation sites (tertiary alicyclic amines) is 2. The Labute approximate surface area is 179 Å². The van der Waals surface area contributed by atoms with Gasteiger partial charge in [0.25, 0.3) is 11.8 Å². The van der Waals surface area contributed by atoms with Gasteiger partial charge in [0, 0.05) is 44.4 Å². The van der Waals surface area contributed by atoms with Crippen LogP contribution in [0, 0.1) is 0 Å². The van der Waals surface area contributed by atoms with Crippen LogP contribution in [-0.2, 0) is 0 Å². The van der Waals surface area contributed by atoms with Gasteiger partial charge in [0.2, 0.25) is 0 Å². The summed E-state index contributed by atoms with van der Waals surface area (Å²) < 4.78 is 0. The molecule has 0 radical (unpaired) electrons. The van der Waals surface area contributed by atoms with Gasteiger partial charge in [-0.3, -0.25) is 9.59 Å². The van der Waals surface area contributed by atoms with Crippen LogP contribution in [0.3, 0.4) is 0 Å². The fourth-order valence-electron chi connectivity index (χ4n) is 4.59. The highest BCUT2D eigenvalue weighted by atomic mass is 16.2. The van der Waals surface area contributed by atoms with E-state index < -0.39 is 0 Å². The van der Waals surface area contributed by atoms with Crippen LogP contribution in [0.15, 0.2) is 48.5 Å². The minimum atomic E-state index is -0.00316. The number of hydrogen-bond donors (Lipinski definition) is 0.